The zero-order chi connectivity index (χ0) is 10.3. The molecule has 0 radical (unpaired) electrons. The molecule has 5 nitrogen and oxygen atoms in total. The van der Waals surface area contributed by atoms with Gasteiger partial charge in [0.2, 0.25) is 10.0 Å². The number of rotatable bonds is 7. The molecule has 0 aliphatic carbocycles. The number of aliphatic hydroxyl groups excluding tert-OH is 1. The van der Waals surface area contributed by atoms with E-state index in [1.54, 1.807) is 6.92 Å². The topological polar surface area (TPSA) is 75.6 Å². The number of methoxy groups -OCH3 is 1. The van der Waals surface area contributed by atoms with Gasteiger partial charge < -0.3 is 9.84 Å². The molecule has 13 heavy (non-hydrogen) atoms. The zero-order valence-corrected chi connectivity index (χ0v) is 8.80. The van der Waals surface area contributed by atoms with Crippen molar-refractivity contribution in [2.75, 3.05) is 26.1 Å². The molecule has 0 aromatic heterocycles. The first kappa shape index (κ1) is 12.8. The van der Waals surface area contributed by atoms with E-state index in [-0.39, 0.29) is 25.0 Å². The maximum absolute atomic E-state index is 11.2. The summed E-state index contributed by atoms with van der Waals surface area (Å²) in [5, 5.41) is 8.76. The molecular weight excluding hydrogens is 194 g/mol. The molecule has 0 saturated carbocycles. The van der Waals surface area contributed by atoms with Crippen LogP contribution in [0.4, 0.5) is 0 Å². The Morgan fingerprint density at radius 3 is 2.54 bits per heavy atom. The lowest BCUT2D eigenvalue weighted by Gasteiger charge is -2.13. The molecule has 6 heteroatoms. The van der Waals surface area contributed by atoms with Gasteiger partial charge in [0.1, 0.15) is 0 Å². The maximum Gasteiger partial charge on any atom is 0.214 e. The van der Waals surface area contributed by atoms with Crippen molar-refractivity contribution in [2.24, 2.45) is 0 Å². The summed E-state index contributed by atoms with van der Waals surface area (Å²) in [5.74, 6) is -0.0694. The van der Waals surface area contributed by atoms with E-state index in [0.29, 0.717) is 6.42 Å². The summed E-state index contributed by atoms with van der Waals surface area (Å²) in [6, 6.07) is -0.387. The van der Waals surface area contributed by atoms with Crippen molar-refractivity contribution in [2.45, 2.75) is 19.4 Å². The van der Waals surface area contributed by atoms with E-state index in [1.165, 1.54) is 7.11 Å². The van der Waals surface area contributed by atoms with Crippen molar-refractivity contribution in [3.05, 3.63) is 0 Å². The third kappa shape index (κ3) is 5.98. The van der Waals surface area contributed by atoms with E-state index in [9.17, 15) is 8.42 Å². The quantitative estimate of drug-likeness (QED) is 0.585. The van der Waals surface area contributed by atoms with Gasteiger partial charge in [-0.1, -0.05) is 6.92 Å². The molecule has 0 unspecified atom stereocenters. The van der Waals surface area contributed by atoms with Crippen LogP contribution in [0.15, 0.2) is 0 Å². The summed E-state index contributed by atoms with van der Waals surface area (Å²) in [6.07, 6.45) is 0.572. The number of aliphatic hydroxyl groups is 1. The molecule has 2 N–H and O–H groups in total. The average molecular weight is 211 g/mol. The Hall–Kier alpha value is -0.170. The van der Waals surface area contributed by atoms with Crippen LogP contribution in [0.25, 0.3) is 0 Å². The first-order valence-electron chi connectivity index (χ1n) is 4.15. The van der Waals surface area contributed by atoms with E-state index in [4.69, 9.17) is 5.11 Å². The number of nitrogens with one attached hydrogen (secondary N) is 1. The number of sulfonamides is 1. The third-order valence-corrected chi connectivity index (χ3v) is 3.01. The lowest BCUT2D eigenvalue weighted by molar-refractivity contribution is 0.216. The Morgan fingerprint density at radius 2 is 2.15 bits per heavy atom. The molecule has 0 aromatic carbocycles. The summed E-state index contributed by atoms with van der Waals surface area (Å²) >= 11 is 0. The fourth-order valence-corrected chi connectivity index (χ4v) is 2.01. The lowest BCUT2D eigenvalue weighted by atomic mass is 10.3. The predicted molar refractivity (Wildman–Crippen MR) is 50.0 cm³/mol. The van der Waals surface area contributed by atoms with E-state index in [2.05, 4.69) is 9.46 Å². The molecule has 1 atom stereocenters. The van der Waals surface area contributed by atoms with E-state index < -0.39 is 10.0 Å². The Morgan fingerprint density at radius 1 is 1.54 bits per heavy atom. The van der Waals surface area contributed by atoms with Gasteiger partial charge in [0.25, 0.3) is 0 Å². The molecule has 0 spiro atoms. The first-order valence-corrected chi connectivity index (χ1v) is 5.80. The molecule has 0 bridgehead atoms. The Bertz CT molecular complexity index is 211. The third-order valence-electron chi connectivity index (χ3n) is 1.62. The molecule has 0 aliphatic heterocycles. The minimum absolute atomic E-state index is 0.0694. The lowest BCUT2D eigenvalue weighted by Crippen LogP contribution is -2.39. The second-order valence-corrected chi connectivity index (χ2v) is 4.59. The largest absolute Gasteiger partial charge is 0.395 e. The second-order valence-electron chi connectivity index (χ2n) is 2.72. The Balaban J connectivity index is 4.00. The normalized spacial score (nSPS) is 14.4. The van der Waals surface area contributed by atoms with Crippen molar-refractivity contribution < 1.29 is 18.3 Å². The van der Waals surface area contributed by atoms with Crippen molar-refractivity contribution in [3.8, 4) is 0 Å². The Labute approximate surface area is 79.1 Å². The standard InChI is InChI=1S/C7H17NO4S/c1-3-7(6-9)8-13(10,11)5-4-12-2/h7-9H,3-6H2,1-2H3/t7-/m1/s1. The highest BCUT2D eigenvalue weighted by Crippen LogP contribution is 1.94. The molecular formula is C7H17NO4S. The molecule has 0 heterocycles. The van der Waals surface area contributed by atoms with Gasteiger partial charge in [0.05, 0.1) is 19.0 Å². The highest BCUT2D eigenvalue weighted by Gasteiger charge is 2.14. The molecule has 0 fully saturated rings. The number of hydrogen-bond donors (Lipinski definition) is 2. The van der Waals surface area contributed by atoms with Crippen LogP contribution in [0.2, 0.25) is 0 Å². The molecule has 0 rings (SSSR count). The fourth-order valence-electron chi connectivity index (χ4n) is 0.756. The Kier molecular flexibility index (Phi) is 6.23. The minimum atomic E-state index is -3.30. The summed E-state index contributed by atoms with van der Waals surface area (Å²) in [4.78, 5) is 0. The van der Waals surface area contributed by atoms with Gasteiger partial charge in [-0.05, 0) is 6.42 Å². The van der Waals surface area contributed by atoms with Crippen LogP contribution >= 0.6 is 0 Å². The molecule has 80 valence electrons. The number of hydrogen-bond acceptors (Lipinski definition) is 4. The van der Waals surface area contributed by atoms with Crippen LogP contribution in [0, 0.1) is 0 Å². The van der Waals surface area contributed by atoms with E-state index >= 15 is 0 Å². The van der Waals surface area contributed by atoms with Gasteiger partial charge in [-0.25, -0.2) is 13.1 Å². The van der Waals surface area contributed by atoms with Gasteiger partial charge in [-0.3, -0.25) is 0 Å². The molecule has 0 amide bonds. The van der Waals surface area contributed by atoms with Crippen molar-refractivity contribution in [1.29, 1.82) is 0 Å². The van der Waals surface area contributed by atoms with Crippen LogP contribution < -0.4 is 4.72 Å². The maximum atomic E-state index is 11.2. The smallest absolute Gasteiger partial charge is 0.214 e. The average Bonchev–Trinajstić information content (AvgIpc) is 2.11. The molecule has 0 aliphatic rings. The zero-order valence-electron chi connectivity index (χ0n) is 7.99. The van der Waals surface area contributed by atoms with Crippen LogP contribution in [0.1, 0.15) is 13.3 Å². The molecule has 0 aromatic rings. The number of ether oxygens (including phenoxy) is 1. The highest BCUT2D eigenvalue weighted by atomic mass is 32.2. The monoisotopic (exact) mass is 211 g/mol. The minimum Gasteiger partial charge on any atom is -0.395 e. The predicted octanol–water partition coefficient (Wildman–Crippen LogP) is -0.677. The van der Waals surface area contributed by atoms with Crippen LogP contribution in [-0.2, 0) is 14.8 Å². The van der Waals surface area contributed by atoms with Crippen molar-refractivity contribution in [3.63, 3.8) is 0 Å². The van der Waals surface area contributed by atoms with Crippen LogP contribution in [0.3, 0.4) is 0 Å². The van der Waals surface area contributed by atoms with Crippen LogP contribution in [-0.4, -0.2) is 45.6 Å². The SMILES string of the molecule is CC[C@H](CO)NS(=O)(=O)CCOC. The van der Waals surface area contributed by atoms with E-state index in [1.807, 2.05) is 0 Å². The van der Waals surface area contributed by atoms with Gasteiger partial charge in [0.15, 0.2) is 0 Å². The summed E-state index contributed by atoms with van der Waals surface area (Å²) in [7, 11) is -1.86. The molecule has 0 saturated heterocycles. The van der Waals surface area contributed by atoms with Gasteiger partial charge in [-0.2, -0.15) is 0 Å². The summed E-state index contributed by atoms with van der Waals surface area (Å²) in [5.41, 5.74) is 0. The first-order chi connectivity index (χ1) is 6.05. The van der Waals surface area contributed by atoms with Gasteiger partial charge >= 0.3 is 0 Å². The highest BCUT2D eigenvalue weighted by molar-refractivity contribution is 7.89. The van der Waals surface area contributed by atoms with Gasteiger partial charge in [0, 0.05) is 13.2 Å². The second kappa shape index (κ2) is 6.31. The summed E-state index contributed by atoms with van der Waals surface area (Å²) < 4.78 is 29.4. The van der Waals surface area contributed by atoms with Crippen molar-refractivity contribution in [1.82, 2.24) is 4.72 Å². The summed E-state index contributed by atoms with van der Waals surface area (Å²) in [6.45, 7) is 1.79. The van der Waals surface area contributed by atoms with Crippen LogP contribution in [0.5, 0.6) is 0 Å². The van der Waals surface area contributed by atoms with Crippen molar-refractivity contribution >= 4 is 10.0 Å². The van der Waals surface area contributed by atoms with E-state index in [0.717, 1.165) is 0 Å². The fraction of sp³-hybridized carbons (Fsp3) is 1.00. The van der Waals surface area contributed by atoms with Gasteiger partial charge in [-0.15, -0.1) is 0 Å².